The molecule has 0 heterocycles. The van der Waals surface area contributed by atoms with E-state index in [1.165, 1.54) is 7.05 Å². The maximum atomic E-state index is 12.7. The van der Waals surface area contributed by atoms with E-state index in [2.05, 4.69) is 16.0 Å². The van der Waals surface area contributed by atoms with Gasteiger partial charge in [0.25, 0.3) is 0 Å². The van der Waals surface area contributed by atoms with Gasteiger partial charge in [0.15, 0.2) is 0 Å². The Morgan fingerprint density at radius 1 is 0.920 bits per heavy atom. The number of alkyl carbamates (subject to hydrolysis) is 1. The lowest BCUT2D eigenvalue weighted by molar-refractivity contribution is -0.132. The van der Waals surface area contributed by atoms with Crippen molar-refractivity contribution in [1.29, 1.82) is 0 Å². The number of ether oxygens (including phenoxy) is 1. The Balaban J connectivity index is 5.09. The normalized spacial score (nSPS) is 14.0. The van der Waals surface area contributed by atoms with Crippen LogP contribution in [0.5, 0.6) is 0 Å². The predicted octanol–water partition coefficient (Wildman–Crippen LogP) is 2.06. The second kappa shape index (κ2) is 10.3. The lowest BCUT2D eigenvalue weighted by Gasteiger charge is -2.31. The van der Waals surface area contributed by atoms with Gasteiger partial charge in [-0.2, -0.15) is 0 Å². The molecule has 0 saturated heterocycles. The summed E-state index contributed by atoms with van der Waals surface area (Å²) in [6.45, 7) is 13.7. The zero-order valence-electron chi connectivity index (χ0n) is 16.9. The van der Waals surface area contributed by atoms with E-state index in [1.54, 1.807) is 0 Å². The van der Waals surface area contributed by atoms with Gasteiger partial charge in [-0.05, 0) is 23.7 Å². The lowest BCUT2D eigenvalue weighted by Crippen LogP contribution is -2.57. The fraction of sp³-hybridized carbons (Fsp3) is 0.833. The monoisotopic (exact) mass is 357 g/mol. The van der Waals surface area contributed by atoms with Crippen molar-refractivity contribution >= 4 is 17.9 Å². The average molecular weight is 357 g/mol. The van der Waals surface area contributed by atoms with E-state index in [4.69, 9.17) is 4.74 Å². The Morgan fingerprint density at radius 2 is 1.48 bits per heavy atom. The van der Waals surface area contributed by atoms with Gasteiger partial charge in [-0.1, -0.05) is 48.5 Å². The van der Waals surface area contributed by atoms with Gasteiger partial charge in [0, 0.05) is 7.05 Å². The Labute approximate surface area is 151 Å². The fourth-order valence-electron chi connectivity index (χ4n) is 2.19. The van der Waals surface area contributed by atoms with Crippen LogP contribution in [-0.2, 0) is 14.3 Å². The Kier molecular flexibility index (Phi) is 9.52. The van der Waals surface area contributed by atoms with Crippen molar-refractivity contribution in [3.63, 3.8) is 0 Å². The van der Waals surface area contributed by atoms with Crippen molar-refractivity contribution in [2.45, 2.75) is 67.0 Å². The summed E-state index contributed by atoms with van der Waals surface area (Å²) in [5.41, 5.74) is -0.462. The third kappa shape index (κ3) is 9.31. The highest BCUT2D eigenvalue weighted by Crippen LogP contribution is 2.20. The molecule has 146 valence electrons. The molecular weight excluding hydrogens is 322 g/mol. The maximum Gasteiger partial charge on any atom is 0.407 e. The van der Waals surface area contributed by atoms with Crippen molar-refractivity contribution in [3.05, 3.63) is 0 Å². The van der Waals surface area contributed by atoms with Crippen LogP contribution in [-0.4, -0.2) is 43.6 Å². The molecule has 7 nitrogen and oxygen atoms in total. The van der Waals surface area contributed by atoms with Gasteiger partial charge in [-0.3, -0.25) is 9.59 Å². The molecule has 0 radical (unpaired) electrons. The molecule has 0 unspecified atom stereocenters. The minimum Gasteiger partial charge on any atom is -0.449 e. The van der Waals surface area contributed by atoms with Gasteiger partial charge in [0.1, 0.15) is 12.1 Å². The van der Waals surface area contributed by atoms with Crippen LogP contribution in [0.25, 0.3) is 0 Å². The molecule has 3 N–H and O–H groups in total. The molecule has 0 spiro atoms. The molecule has 0 rings (SSSR count). The molecule has 0 bridgehead atoms. The minimum atomic E-state index is -0.755. The molecule has 0 aliphatic heterocycles. The van der Waals surface area contributed by atoms with E-state index in [0.717, 1.165) is 0 Å². The third-order valence-electron chi connectivity index (χ3n) is 3.52. The number of likely N-dealkylation sites (N-methyl/N-ethyl adjacent to an activating group) is 1. The highest BCUT2D eigenvalue weighted by molar-refractivity contribution is 5.91. The van der Waals surface area contributed by atoms with Crippen molar-refractivity contribution < 1.29 is 19.1 Å². The molecule has 7 heteroatoms. The first-order chi connectivity index (χ1) is 11.4. The van der Waals surface area contributed by atoms with Gasteiger partial charge in [-0.15, -0.1) is 0 Å². The number of rotatable bonds is 8. The quantitative estimate of drug-likeness (QED) is 0.619. The largest absolute Gasteiger partial charge is 0.449 e. The Morgan fingerprint density at radius 3 is 1.88 bits per heavy atom. The summed E-state index contributed by atoms with van der Waals surface area (Å²) in [5.74, 6) is -0.263. The molecule has 0 fully saturated rings. The Bertz CT molecular complexity index is 456. The van der Waals surface area contributed by atoms with Gasteiger partial charge < -0.3 is 20.7 Å². The first-order valence-electron chi connectivity index (χ1n) is 8.83. The van der Waals surface area contributed by atoms with E-state index in [1.807, 2.05) is 48.5 Å². The van der Waals surface area contributed by atoms with E-state index in [0.29, 0.717) is 6.42 Å². The summed E-state index contributed by atoms with van der Waals surface area (Å²) >= 11 is 0. The predicted molar refractivity (Wildman–Crippen MR) is 98.0 cm³/mol. The summed E-state index contributed by atoms with van der Waals surface area (Å²) in [6, 6.07) is -1.46. The molecule has 0 aromatic carbocycles. The molecular formula is C18H35N3O4. The van der Waals surface area contributed by atoms with Crippen LogP contribution >= 0.6 is 0 Å². The van der Waals surface area contributed by atoms with Crippen LogP contribution in [0.15, 0.2) is 0 Å². The van der Waals surface area contributed by atoms with Crippen LogP contribution in [0.2, 0.25) is 0 Å². The minimum absolute atomic E-state index is 0.189. The van der Waals surface area contributed by atoms with Crippen LogP contribution in [0.4, 0.5) is 4.79 Å². The summed E-state index contributed by atoms with van der Waals surface area (Å²) in [6.07, 6.45) is -0.172. The molecule has 3 amide bonds. The Hall–Kier alpha value is -1.79. The van der Waals surface area contributed by atoms with E-state index in [9.17, 15) is 14.4 Å². The van der Waals surface area contributed by atoms with Crippen LogP contribution in [0.1, 0.15) is 54.9 Å². The molecule has 0 aromatic rings. The van der Waals surface area contributed by atoms with Gasteiger partial charge in [0.05, 0.1) is 6.61 Å². The van der Waals surface area contributed by atoms with E-state index >= 15 is 0 Å². The zero-order valence-corrected chi connectivity index (χ0v) is 16.9. The standard InChI is InChI=1S/C18H35N3O4/c1-11(2)9-13(20-17(24)25-10-12(3)4)15(22)21-14(16(23)19-8)18(5,6)7/h11-14H,9-10H2,1-8H3,(H,19,23)(H,20,24)(H,21,22)/t13-,14+/m0/s1. The summed E-state index contributed by atoms with van der Waals surface area (Å²) in [4.78, 5) is 36.7. The maximum absolute atomic E-state index is 12.7. The number of carbonyl (C=O) groups is 3. The van der Waals surface area contributed by atoms with Crippen molar-refractivity contribution in [1.82, 2.24) is 16.0 Å². The van der Waals surface area contributed by atoms with Crippen molar-refractivity contribution in [3.8, 4) is 0 Å². The number of hydrogen-bond donors (Lipinski definition) is 3. The topological polar surface area (TPSA) is 96.5 Å². The molecule has 0 saturated carbocycles. The first kappa shape index (κ1) is 23.2. The van der Waals surface area contributed by atoms with Gasteiger partial charge >= 0.3 is 6.09 Å². The number of amides is 3. The highest BCUT2D eigenvalue weighted by Gasteiger charge is 2.34. The van der Waals surface area contributed by atoms with Crippen LogP contribution < -0.4 is 16.0 Å². The van der Waals surface area contributed by atoms with E-state index < -0.39 is 29.5 Å². The van der Waals surface area contributed by atoms with Crippen molar-refractivity contribution in [2.75, 3.05) is 13.7 Å². The smallest absolute Gasteiger partial charge is 0.407 e. The molecule has 25 heavy (non-hydrogen) atoms. The van der Waals surface area contributed by atoms with Gasteiger partial charge in [0.2, 0.25) is 11.8 Å². The zero-order chi connectivity index (χ0) is 19.8. The highest BCUT2D eigenvalue weighted by atomic mass is 16.5. The number of nitrogens with one attached hydrogen (secondary N) is 3. The second-order valence-corrected chi connectivity index (χ2v) is 8.24. The molecule has 2 atom stereocenters. The molecule has 0 aliphatic rings. The lowest BCUT2D eigenvalue weighted by atomic mass is 9.85. The fourth-order valence-corrected chi connectivity index (χ4v) is 2.19. The molecule has 0 aromatic heterocycles. The SMILES string of the molecule is CNC(=O)[C@@H](NC(=O)[C@H](CC(C)C)NC(=O)OCC(C)C)C(C)(C)C. The second-order valence-electron chi connectivity index (χ2n) is 8.24. The van der Waals surface area contributed by atoms with Crippen molar-refractivity contribution in [2.24, 2.45) is 17.3 Å². The third-order valence-corrected chi connectivity index (χ3v) is 3.52. The van der Waals surface area contributed by atoms with Gasteiger partial charge in [-0.25, -0.2) is 4.79 Å². The number of carbonyl (C=O) groups excluding carboxylic acids is 3. The summed E-state index contributed by atoms with van der Waals surface area (Å²) < 4.78 is 5.10. The van der Waals surface area contributed by atoms with Crippen LogP contribution in [0.3, 0.4) is 0 Å². The van der Waals surface area contributed by atoms with Crippen LogP contribution in [0, 0.1) is 17.3 Å². The summed E-state index contributed by atoms with van der Waals surface area (Å²) in [7, 11) is 1.53. The molecule has 0 aliphatic carbocycles. The number of hydrogen-bond acceptors (Lipinski definition) is 4. The van der Waals surface area contributed by atoms with E-state index in [-0.39, 0.29) is 24.3 Å². The first-order valence-corrected chi connectivity index (χ1v) is 8.83. The summed E-state index contributed by atoms with van der Waals surface area (Å²) in [5, 5.41) is 7.94. The average Bonchev–Trinajstić information content (AvgIpc) is 2.47.